The molecule has 0 radical (unpaired) electrons. The van der Waals surface area contributed by atoms with Crippen molar-refractivity contribution in [2.75, 3.05) is 0 Å². The van der Waals surface area contributed by atoms with Crippen molar-refractivity contribution in [2.24, 2.45) is 0 Å². The highest BCUT2D eigenvalue weighted by Gasteiger charge is 2.21. The molecule has 1 amide bonds. The molecule has 7 heteroatoms. The van der Waals surface area contributed by atoms with E-state index in [9.17, 15) is 19.5 Å². The molecule has 2 rings (SSSR count). The highest BCUT2D eigenvalue weighted by atomic mass is 16.5. The number of aromatic nitrogens is 1. The number of carbonyl (C=O) groups excluding carboxylic acids is 1. The molecule has 0 saturated heterocycles. The van der Waals surface area contributed by atoms with Crippen LogP contribution in [-0.2, 0) is 22.6 Å². The van der Waals surface area contributed by atoms with E-state index in [0.29, 0.717) is 5.56 Å². The Hall–Kier alpha value is -3.09. The van der Waals surface area contributed by atoms with E-state index in [4.69, 9.17) is 4.74 Å². The summed E-state index contributed by atoms with van der Waals surface area (Å²) >= 11 is 0. The van der Waals surface area contributed by atoms with Crippen LogP contribution < -0.4 is 10.9 Å². The lowest BCUT2D eigenvalue weighted by molar-refractivity contribution is -0.139. The number of carbonyl (C=O) groups is 2. The number of carboxylic acids is 1. The molecule has 7 nitrogen and oxygen atoms in total. The molecule has 1 aromatic carbocycles. The van der Waals surface area contributed by atoms with E-state index >= 15 is 0 Å². The molecule has 2 aromatic rings. The maximum atomic E-state index is 11.7. The molecule has 0 aliphatic carbocycles. The first-order valence-electron chi connectivity index (χ1n) is 6.92. The minimum absolute atomic E-state index is 0.0142. The van der Waals surface area contributed by atoms with Gasteiger partial charge in [0.05, 0.1) is 0 Å². The molecule has 1 atom stereocenters. The second-order valence-corrected chi connectivity index (χ2v) is 4.86. The standard InChI is InChI=1S/C16H16N2O5/c19-14-9-12(6-7-17-14)8-13(15(20)21)18-16(22)23-10-11-4-2-1-3-5-11/h1-7,9,13H,8,10H2,(H,17,19)(H,18,22)(H,20,21). The Bertz CT molecular complexity index is 727. The maximum absolute atomic E-state index is 11.7. The van der Waals surface area contributed by atoms with Crippen molar-refractivity contribution in [2.45, 2.75) is 19.1 Å². The fourth-order valence-corrected chi connectivity index (χ4v) is 1.96. The summed E-state index contributed by atoms with van der Waals surface area (Å²) in [5.41, 5.74) is 0.965. The van der Waals surface area contributed by atoms with Gasteiger partial charge in [-0.3, -0.25) is 4.79 Å². The van der Waals surface area contributed by atoms with Gasteiger partial charge in [-0.2, -0.15) is 0 Å². The predicted octanol–water partition coefficient (Wildman–Crippen LogP) is 1.30. The number of aromatic amines is 1. The number of H-pyrrole nitrogens is 1. The Kier molecular flexibility index (Phi) is 5.51. The van der Waals surface area contributed by atoms with Gasteiger partial charge in [-0.25, -0.2) is 9.59 Å². The van der Waals surface area contributed by atoms with Gasteiger partial charge in [0, 0.05) is 18.7 Å². The molecule has 23 heavy (non-hydrogen) atoms. The predicted molar refractivity (Wildman–Crippen MR) is 82.0 cm³/mol. The molecular formula is C16H16N2O5. The summed E-state index contributed by atoms with van der Waals surface area (Å²) in [6, 6.07) is 10.7. The van der Waals surface area contributed by atoms with Gasteiger partial charge in [-0.05, 0) is 17.2 Å². The normalized spacial score (nSPS) is 11.5. The van der Waals surface area contributed by atoms with Gasteiger partial charge < -0.3 is 20.1 Å². The van der Waals surface area contributed by atoms with Crippen molar-refractivity contribution >= 4 is 12.1 Å². The lowest BCUT2D eigenvalue weighted by Gasteiger charge is -2.14. The minimum Gasteiger partial charge on any atom is -0.480 e. The highest BCUT2D eigenvalue weighted by Crippen LogP contribution is 2.03. The number of amides is 1. The van der Waals surface area contributed by atoms with Crippen LogP contribution >= 0.6 is 0 Å². The first kappa shape index (κ1) is 16.3. The van der Waals surface area contributed by atoms with E-state index in [1.807, 2.05) is 18.2 Å². The molecular weight excluding hydrogens is 300 g/mol. The van der Waals surface area contributed by atoms with Crippen molar-refractivity contribution < 1.29 is 19.4 Å². The highest BCUT2D eigenvalue weighted by molar-refractivity contribution is 5.80. The summed E-state index contributed by atoms with van der Waals surface area (Å²) in [6.07, 6.45) is 0.579. The van der Waals surface area contributed by atoms with Gasteiger partial charge in [0.1, 0.15) is 12.6 Å². The third kappa shape index (κ3) is 5.31. The number of carboxylic acid groups (broad SMARTS) is 1. The van der Waals surface area contributed by atoms with E-state index < -0.39 is 18.1 Å². The van der Waals surface area contributed by atoms with E-state index in [1.165, 1.54) is 12.3 Å². The number of aliphatic carboxylic acids is 1. The molecule has 0 fully saturated rings. The zero-order chi connectivity index (χ0) is 16.7. The minimum atomic E-state index is -1.21. The number of alkyl carbamates (subject to hydrolysis) is 1. The zero-order valence-corrected chi connectivity index (χ0v) is 12.2. The topological polar surface area (TPSA) is 108 Å². The number of ether oxygens (including phenoxy) is 1. The average molecular weight is 316 g/mol. The molecule has 0 saturated carbocycles. The largest absolute Gasteiger partial charge is 0.480 e. The van der Waals surface area contributed by atoms with Crippen LogP contribution in [0.5, 0.6) is 0 Å². The summed E-state index contributed by atoms with van der Waals surface area (Å²) in [6.45, 7) is 0.0457. The van der Waals surface area contributed by atoms with Gasteiger partial charge in [-0.1, -0.05) is 30.3 Å². The molecule has 0 bridgehead atoms. The van der Waals surface area contributed by atoms with Crippen LogP contribution in [0.3, 0.4) is 0 Å². The van der Waals surface area contributed by atoms with Crippen LogP contribution in [0.2, 0.25) is 0 Å². The van der Waals surface area contributed by atoms with E-state index in [0.717, 1.165) is 5.56 Å². The number of hydrogen-bond acceptors (Lipinski definition) is 4. The first-order valence-corrected chi connectivity index (χ1v) is 6.92. The third-order valence-electron chi connectivity index (χ3n) is 3.08. The maximum Gasteiger partial charge on any atom is 0.408 e. The number of pyridine rings is 1. The smallest absolute Gasteiger partial charge is 0.408 e. The number of benzene rings is 1. The Labute approximate surface area is 131 Å². The molecule has 1 aromatic heterocycles. The summed E-state index contributed by atoms with van der Waals surface area (Å²) in [5.74, 6) is -1.21. The van der Waals surface area contributed by atoms with Crippen LogP contribution in [0.15, 0.2) is 53.5 Å². The molecule has 0 spiro atoms. The van der Waals surface area contributed by atoms with Gasteiger partial charge in [0.25, 0.3) is 0 Å². The van der Waals surface area contributed by atoms with Gasteiger partial charge in [-0.15, -0.1) is 0 Å². The lowest BCUT2D eigenvalue weighted by atomic mass is 10.1. The molecule has 0 aliphatic heterocycles. The van der Waals surface area contributed by atoms with Crippen molar-refractivity contribution in [3.63, 3.8) is 0 Å². The van der Waals surface area contributed by atoms with Crippen molar-refractivity contribution in [1.29, 1.82) is 0 Å². The number of rotatable bonds is 6. The number of nitrogens with one attached hydrogen (secondary N) is 2. The Morgan fingerprint density at radius 1 is 1.17 bits per heavy atom. The zero-order valence-electron chi connectivity index (χ0n) is 12.2. The quantitative estimate of drug-likeness (QED) is 0.744. The van der Waals surface area contributed by atoms with Crippen LogP contribution in [0.1, 0.15) is 11.1 Å². The molecule has 0 aliphatic rings. The van der Waals surface area contributed by atoms with Crippen molar-refractivity contribution in [1.82, 2.24) is 10.3 Å². The van der Waals surface area contributed by atoms with Gasteiger partial charge in [0.15, 0.2) is 0 Å². The molecule has 1 heterocycles. The van der Waals surface area contributed by atoms with Crippen LogP contribution in [0.25, 0.3) is 0 Å². The van der Waals surface area contributed by atoms with E-state index in [1.54, 1.807) is 18.2 Å². The fourth-order valence-electron chi connectivity index (χ4n) is 1.96. The van der Waals surface area contributed by atoms with Crippen LogP contribution in [-0.4, -0.2) is 28.2 Å². The summed E-state index contributed by atoms with van der Waals surface area (Å²) < 4.78 is 4.99. The molecule has 3 N–H and O–H groups in total. The Morgan fingerprint density at radius 3 is 2.57 bits per heavy atom. The van der Waals surface area contributed by atoms with E-state index in [-0.39, 0.29) is 18.6 Å². The Balaban J connectivity index is 1.92. The second-order valence-electron chi connectivity index (χ2n) is 4.86. The summed E-state index contributed by atoms with van der Waals surface area (Å²) in [7, 11) is 0. The van der Waals surface area contributed by atoms with Crippen LogP contribution in [0.4, 0.5) is 4.79 Å². The number of hydrogen-bond donors (Lipinski definition) is 3. The molecule has 1 unspecified atom stereocenters. The second kappa shape index (κ2) is 7.79. The summed E-state index contributed by atoms with van der Waals surface area (Å²) in [4.78, 5) is 36.6. The van der Waals surface area contributed by atoms with Crippen molar-refractivity contribution in [3.05, 3.63) is 70.1 Å². The van der Waals surface area contributed by atoms with Crippen LogP contribution in [0, 0.1) is 0 Å². The molecule has 120 valence electrons. The Morgan fingerprint density at radius 2 is 1.91 bits per heavy atom. The van der Waals surface area contributed by atoms with E-state index in [2.05, 4.69) is 10.3 Å². The van der Waals surface area contributed by atoms with Gasteiger partial charge >= 0.3 is 12.1 Å². The van der Waals surface area contributed by atoms with Gasteiger partial charge in [0.2, 0.25) is 5.56 Å². The first-order chi connectivity index (χ1) is 11.0. The SMILES string of the molecule is O=C(NC(Cc1cc[nH]c(=O)c1)C(=O)O)OCc1ccccc1. The lowest BCUT2D eigenvalue weighted by Crippen LogP contribution is -2.42. The van der Waals surface area contributed by atoms with Crippen molar-refractivity contribution in [3.8, 4) is 0 Å². The average Bonchev–Trinajstić information content (AvgIpc) is 2.53. The summed E-state index contributed by atoms with van der Waals surface area (Å²) in [5, 5.41) is 11.5. The monoisotopic (exact) mass is 316 g/mol. The fraction of sp³-hybridized carbons (Fsp3) is 0.188. The third-order valence-corrected chi connectivity index (χ3v) is 3.08.